The maximum absolute atomic E-state index is 10.1. The highest BCUT2D eigenvalue weighted by Crippen LogP contribution is 2.20. The fourth-order valence-electron chi connectivity index (χ4n) is 0.611. The third-order valence-electron chi connectivity index (χ3n) is 1.20. The molecule has 0 aromatic carbocycles. The summed E-state index contributed by atoms with van der Waals surface area (Å²) in [5, 5.41) is 17.2. The number of rotatable bonds is 1. The Hall–Kier alpha value is -1.85. The average molecular weight is 170 g/mol. The lowest BCUT2D eigenvalue weighted by molar-refractivity contribution is 0.142. The molecule has 0 saturated heterocycles. The van der Waals surface area contributed by atoms with Gasteiger partial charge in [0.25, 0.3) is 0 Å². The highest BCUT2D eigenvalue weighted by molar-refractivity contribution is 5.61. The number of nitrogens with zero attached hydrogens (tertiary/aromatic N) is 2. The van der Waals surface area contributed by atoms with Gasteiger partial charge in [0, 0.05) is 0 Å². The van der Waals surface area contributed by atoms with Gasteiger partial charge in [0.1, 0.15) is 6.33 Å². The first kappa shape index (κ1) is 8.25. The molecule has 0 aliphatic heterocycles. The van der Waals surface area contributed by atoms with Gasteiger partial charge < -0.3 is 14.9 Å². The van der Waals surface area contributed by atoms with Crippen molar-refractivity contribution in [3.05, 3.63) is 11.9 Å². The van der Waals surface area contributed by atoms with Crippen molar-refractivity contribution in [2.24, 2.45) is 0 Å². The molecule has 0 atom stereocenters. The van der Waals surface area contributed by atoms with E-state index in [9.17, 15) is 4.79 Å². The van der Waals surface area contributed by atoms with Crippen LogP contribution in [0.4, 0.5) is 4.79 Å². The minimum atomic E-state index is -1.48. The molecule has 0 saturated carbocycles. The number of aromatic nitrogens is 2. The molecule has 6 heteroatoms. The van der Waals surface area contributed by atoms with E-state index in [2.05, 4.69) is 14.7 Å². The van der Waals surface area contributed by atoms with Crippen LogP contribution in [0.25, 0.3) is 0 Å². The predicted molar refractivity (Wildman–Crippen MR) is 37.1 cm³/mol. The maximum Gasteiger partial charge on any atom is 0.512 e. The molecule has 0 spiro atoms. The van der Waals surface area contributed by atoms with Crippen molar-refractivity contribution < 1.29 is 19.7 Å². The van der Waals surface area contributed by atoms with Crippen molar-refractivity contribution in [3.63, 3.8) is 0 Å². The van der Waals surface area contributed by atoms with Gasteiger partial charge in [-0.1, -0.05) is 0 Å². The molecule has 1 heterocycles. The number of hydrogen-bond acceptors (Lipinski definition) is 5. The Labute approximate surface area is 67.5 Å². The molecule has 0 aliphatic carbocycles. The first-order chi connectivity index (χ1) is 5.61. The van der Waals surface area contributed by atoms with Crippen LogP contribution in [0, 0.1) is 6.92 Å². The quantitative estimate of drug-likeness (QED) is 0.598. The molecule has 1 rings (SSSR count). The molecule has 0 fully saturated rings. The van der Waals surface area contributed by atoms with Crippen molar-refractivity contribution in [2.45, 2.75) is 6.92 Å². The molecule has 1 aromatic heterocycles. The number of hydrogen-bond donors (Lipinski definition) is 2. The second kappa shape index (κ2) is 3.04. The van der Waals surface area contributed by atoms with Crippen LogP contribution in [0.1, 0.15) is 5.56 Å². The largest absolute Gasteiger partial charge is 0.512 e. The van der Waals surface area contributed by atoms with Gasteiger partial charge in [-0.05, 0) is 6.92 Å². The predicted octanol–water partition coefficient (Wildman–Crippen LogP) is 0.547. The van der Waals surface area contributed by atoms with Crippen LogP contribution in [-0.2, 0) is 0 Å². The van der Waals surface area contributed by atoms with Gasteiger partial charge in [0.15, 0.2) is 0 Å². The van der Waals surface area contributed by atoms with Gasteiger partial charge in [-0.15, -0.1) is 0 Å². The molecular weight excluding hydrogens is 164 g/mol. The summed E-state index contributed by atoms with van der Waals surface area (Å²) in [6, 6.07) is 0. The van der Waals surface area contributed by atoms with E-state index in [0.717, 1.165) is 6.33 Å². The number of carbonyl (C=O) groups is 1. The normalized spacial score (nSPS) is 9.42. The summed E-state index contributed by atoms with van der Waals surface area (Å²) in [6.45, 7) is 1.45. The number of aromatic hydroxyl groups is 1. The van der Waals surface area contributed by atoms with Crippen LogP contribution in [0.3, 0.4) is 0 Å². The molecule has 0 amide bonds. The van der Waals surface area contributed by atoms with E-state index in [1.54, 1.807) is 0 Å². The first-order valence-electron chi connectivity index (χ1n) is 3.02. The standard InChI is InChI=1S/C6H6N2O4/c1-3-4(9)7-2-8-5(3)12-6(10)11/h2H,1H3,(H,10,11)(H,7,8,9). The highest BCUT2D eigenvalue weighted by atomic mass is 16.7. The summed E-state index contributed by atoms with van der Waals surface area (Å²) in [4.78, 5) is 17.0. The highest BCUT2D eigenvalue weighted by Gasteiger charge is 2.09. The van der Waals surface area contributed by atoms with Crippen LogP contribution in [0.15, 0.2) is 6.33 Å². The third-order valence-corrected chi connectivity index (χ3v) is 1.20. The lowest BCUT2D eigenvalue weighted by Crippen LogP contribution is -2.06. The summed E-state index contributed by atoms with van der Waals surface area (Å²) in [7, 11) is 0. The summed E-state index contributed by atoms with van der Waals surface area (Å²) in [5.41, 5.74) is 0.194. The monoisotopic (exact) mass is 170 g/mol. The summed E-state index contributed by atoms with van der Waals surface area (Å²) in [6.07, 6.45) is -0.461. The topological polar surface area (TPSA) is 92.5 Å². The molecule has 6 nitrogen and oxygen atoms in total. The van der Waals surface area contributed by atoms with Crippen molar-refractivity contribution in [1.29, 1.82) is 0 Å². The lowest BCUT2D eigenvalue weighted by Gasteiger charge is -2.01. The molecular formula is C6H6N2O4. The molecule has 0 radical (unpaired) electrons. The van der Waals surface area contributed by atoms with E-state index >= 15 is 0 Å². The van der Waals surface area contributed by atoms with Gasteiger partial charge in [-0.25, -0.2) is 14.8 Å². The van der Waals surface area contributed by atoms with Crippen LogP contribution < -0.4 is 4.74 Å². The van der Waals surface area contributed by atoms with Crippen LogP contribution in [0.2, 0.25) is 0 Å². The van der Waals surface area contributed by atoms with Crippen molar-refractivity contribution >= 4 is 6.16 Å². The van der Waals surface area contributed by atoms with Gasteiger partial charge in [0.2, 0.25) is 11.8 Å². The second-order valence-electron chi connectivity index (χ2n) is 2.00. The van der Waals surface area contributed by atoms with Crippen molar-refractivity contribution in [1.82, 2.24) is 9.97 Å². The molecule has 64 valence electrons. The second-order valence-corrected chi connectivity index (χ2v) is 2.00. The van der Waals surface area contributed by atoms with Crippen molar-refractivity contribution in [2.75, 3.05) is 0 Å². The van der Waals surface area contributed by atoms with E-state index in [1.807, 2.05) is 0 Å². The summed E-state index contributed by atoms with van der Waals surface area (Å²) < 4.78 is 4.23. The smallest absolute Gasteiger partial charge is 0.493 e. The number of ether oxygens (including phenoxy) is 1. The SMILES string of the molecule is Cc1c(O)ncnc1OC(=O)O. The van der Waals surface area contributed by atoms with E-state index in [4.69, 9.17) is 10.2 Å². The van der Waals surface area contributed by atoms with Crippen LogP contribution >= 0.6 is 0 Å². The lowest BCUT2D eigenvalue weighted by atomic mass is 10.3. The Morgan fingerprint density at radius 3 is 2.83 bits per heavy atom. The summed E-state index contributed by atoms with van der Waals surface area (Å²) in [5.74, 6) is -0.448. The van der Waals surface area contributed by atoms with E-state index in [-0.39, 0.29) is 17.3 Å². The molecule has 0 unspecified atom stereocenters. The Bertz CT molecular complexity index is 312. The van der Waals surface area contributed by atoms with Gasteiger partial charge >= 0.3 is 6.16 Å². The first-order valence-corrected chi connectivity index (χ1v) is 3.02. The zero-order valence-corrected chi connectivity index (χ0v) is 6.18. The molecule has 2 N–H and O–H groups in total. The fraction of sp³-hybridized carbons (Fsp3) is 0.167. The average Bonchev–Trinajstić information content (AvgIpc) is 1.98. The Morgan fingerprint density at radius 2 is 2.25 bits per heavy atom. The Kier molecular flexibility index (Phi) is 2.09. The van der Waals surface area contributed by atoms with Crippen LogP contribution in [0.5, 0.6) is 11.8 Å². The number of carboxylic acid groups (broad SMARTS) is 1. The van der Waals surface area contributed by atoms with Crippen LogP contribution in [-0.4, -0.2) is 26.3 Å². The van der Waals surface area contributed by atoms with Gasteiger partial charge in [-0.3, -0.25) is 0 Å². The minimum Gasteiger partial charge on any atom is -0.493 e. The van der Waals surface area contributed by atoms with Crippen molar-refractivity contribution in [3.8, 4) is 11.8 Å². The van der Waals surface area contributed by atoms with Gasteiger partial charge in [0.05, 0.1) is 5.56 Å². The third kappa shape index (κ3) is 1.60. The molecule has 0 bridgehead atoms. The van der Waals surface area contributed by atoms with Gasteiger partial charge in [-0.2, -0.15) is 0 Å². The molecule has 0 aliphatic rings. The van der Waals surface area contributed by atoms with E-state index in [0.29, 0.717) is 0 Å². The maximum atomic E-state index is 10.1. The Balaban J connectivity index is 3.00. The summed E-state index contributed by atoms with van der Waals surface area (Å²) >= 11 is 0. The zero-order chi connectivity index (χ0) is 9.14. The van der Waals surface area contributed by atoms with E-state index in [1.165, 1.54) is 6.92 Å². The minimum absolute atomic E-state index is 0.157. The van der Waals surface area contributed by atoms with E-state index < -0.39 is 6.16 Å². The fourth-order valence-corrected chi connectivity index (χ4v) is 0.611. The zero-order valence-electron chi connectivity index (χ0n) is 6.18. The Morgan fingerprint density at radius 1 is 1.58 bits per heavy atom. The molecule has 12 heavy (non-hydrogen) atoms. The molecule has 1 aromatic rings.